The normalized spacial score (nSPS) is 18.3. The van der Waals surface area contributed by atoms with E-state index in [-0.39, 0.29) is 5.76 Å². The highest BCUT2D eigenvalue weighted by Gasteiger charge is 2.46. The minimum absolute atomic E-state index is 0.157. The molecule has 122 valence electrons. The quantitative estimate of drug-likeness (QED) is 0.297. The second-order valence-electron chi connectivity index (χ2n) is 4.53. The van der Waals surface area contributed by atoms with Crippen molar-refractivity contribution < 1.29 is 33.1 Å². The smallest absolute Gasteiger partial charge is 0.320 e. The summed E-state index contributed by atoms with van der Waals surface area (Å²) in [7, 11) is 3.36. The summed E-state index contributed by atoms with van der Waals surface area (Å²) in [6, 6.07) is 0. The highest BCUT2D eigenvalue weighted by atomic mass is 19.1. The van der Waals surface area contributed by atoms with E-state index in [9.17, 15) is 24.1 Å². The standard InChI is InChI=1S/C13H16FNO7/c1-20-7-4-8(10(14)5-7)9(6-15(18)19)11(12(16)21-2)13(17)22-3/h4-5,8-9,11H,6H2,1-3H3. The molecule has 0 aromatic rings. The number of ether oxygens (including phenoxy) is 3. The molecule has 0 saturated heterocycles. The van der Waals surface area contributed by atoms with Crippen LogP contribution in [0, 0.1) is 27.9 Å². The van der Waals surface area contributed by atoms with Gasteiger partial charge in [-0.25, -0.2) is 4.39 Å². The topological polar surface area (TPSA) is 105 Å². The molecule has 1 rings (SSSR count). The van der Waals surface area contributed by atoms with Crippen molar-refractivity contribution in [3.63, 3.8) is 0 Å². The van der Waals surface area contributed by atoms with E-state index < -0.39 is 47.0 Å². The van der Waals surface area contributed by atoms with Crippen LogP contribution in [0.25, 0.3) is 0 Å². The van der Waals surface area contributed by atoms with Gasteiger partial charge in [0.15, 0.2) is 5.92 Å². The summed E-state index contributed by atoms with van der Waals surface area (Å²) < 4.78 is 27.9. The highest BCUT2D eigenvalue weighted by Crippen LogP contribution is 2.36. The lowest BCUT2D eigenvalue weighted by Gasteiger charge is -2.24. The second-order valence-corrected chi connectivity index (χ2v) is 4.53. The van der Waals surface area contributed by atoms with E-state index >= 15 is 0 Å². The lowest BCUT2D eigenvalue weighted by atomic mass is 9.81. The Morgan fingerprint density at radius 1 is 1.32 bits per heavy atom. The summed E-state index contributed by atoms with van der Waals surface area (Å²) in [6.45, 7) is -0.811. The van der Waals surface area contributed by atoms with Crippen molar-refractivity contribution in [2.75, 3.05) is 27.9 Å². The van der Waals surface area contributed by atoms with Crippen LogP contribution in [0.2, 0.25) is 0 Å². The average Bonchev–Trinajstić information content (AvgIpc) is 2.86. The number of hydrogen-bond acceptors (Lipinski definition) is 7. The monoisotopic (exact) mass is 317 g/mol. The molecule has 0 radical (unpaired) electrons. The molecule has 0 aromatic heterocycles. The van der Waals surface area contributed by atoms with Crippen LogP contribution in [-0.4, -0.2) is 44.7 Å². The zero-order valence-corrected chi connectivity index (χ0v) is 12.3. The van der Waals surface area contributed by atoms with Gasteiger partial charge in [0.05, 0.1) is 27.2 Å². The van der Waals surface area contributed by atoms with E-state index in [0.29, 0.717) is 0 Å². The zero-order chi connectivity index (χ0) is 16.9. The molecule has 0 aromatic carbocycles. The predicted octanol–water partition coefficient (Wildman–Crippen LogP) is 0.855. The summed E-state index contributed by atoms with van der Waals surface area (Å²) in [5.74, 6) is -6.68. The Kier molecular flexibility index (Phi) is 6.02. The van der Waals surface area contributed by atoms with Gasteiger partial charge in [0.25, 0.3) is 0 Å². The Labute approximate surface area is 125 Å². The van der Waals surface area contributed by atoms with Crippen molar-refractivity contribution in [2.45, 2.75) is 0 Å². The van der Waals surface area contributed by atoms with Gasteiger partial charge in [0, 0.05) is 16.9 Å². The third kappa shape index (κ3) is 3.80. The van der Waals surface area contributed by atoms with E-state index in [1.165, 1.54) is 13.2 Å². The van der Waals surface area contributed by atoms with Gasteiger partial charge in [0.2, 0.25) is 6.54 Å². The summed E-state index contributed by atoms with van der Waals surface area (Å²) in [5, 5.41) is 10.9. The van der Waals surface area contributed by atoms with Gasteiger partial charge in [-0.2, -0.15) is 0 Å². The largest absolute Gasteiger partial charge is 0.497 e. The van der Waals surface area contributed by atoms with Crippen LogP contribution >= 0.6 is 0 Å². The number of allylic oxidation sites excluding steroid dienone is 3. The highest BCUT2D eigenvalue weighted by molar-refractivity contribution is 5.95. The molecule has 0 heterocycles. The first-order valence-corrected chi connectivity index (χ1v) is 6.26. The molecule has 9 heteroatoms. The minimum atomic E-state index is -1.61. The Morgan fingerprint density at radius 2 is 1.86 bits per heavy atom. The van der Waals surface area contributed by atoms with Crippen LogP contribution in [0.3, 0.4) is 0 Å². The van der Waals surface area contributed by atoms with Crippen LogP contribution in [0.4, 0.5) is 4.39 Å². The van der Waals surface area contributed by atoms with Gasteiger partial charge in [-0.05, 0) is 6.08 Å². The number of rotatable bonds is 7. The molecule has 0 fully saturated rings. The molecule has 8 nitrogen and oxygen atoms in total. The third-order valence-corrected chi connectivity index (χ3v) is 3.34. The fraction of sp³-hybridized carbons (Fsp3) is 0.538. The first-order valence-electron chi connectivity index (χ1n) is 6.26. The van der Waals surface area contributed by atoms with Crippen molar-refractivity contribution in [1.82, 2.24) is 0 Å². The fourth-order valence-electron chi connectivity index (χ4n) is 2.29. The maximum absolute atomic E-state index is 14.0. The molecule has 0 bridgehead atoms. The lowest BCUT2D eigenvalue weighted by Crippen LogP contribution is -2.40. The van der Waals surface area contributed by atoms with Crippen LogP contribution in [-0.2, 0) is 23.8 Å². The van der Waals surface area contributed by atoms with Gasteiger partial charge in [0.1, 0.15) is 11.6 Å². The fourth-order valence-corrected chi connectivity index (χ4v) is 2.29. The number of methoxy groups -OCH3 is 3. The zero-order valence-electron chi connectivity index (χ0n) is 12.3. The van der Waals surface area contributed by atoms with Crippen molar-refractivity contribution >= 4 is 11.9 Å². The number of carbonyl (C=O) groups excluding carboxylic acids is 2. The lowest BCUT2D eigenvalue weighted by molar-refractivity contribution is -0.490. The number of nitrogens with zero attached hydrogens (tertiary/aromatic N) is 1. The molecule has 1 aliphatic carbocycles. The van der Waals surface area contributed by atoms with Crippen LogP contribution in [0.1, 0.15) is 0 Å². The molecule has 0 spiro atoms. The molecule has 0 aliphatic heterocycles. The Hall–Kier alpha value is -2.45. The molecule has 2 atom stereocenters. The number of carbonyl (C=O) groups is 2. The summed E-state index contributed by atoms with van der Waals surface area (Å²) in [4.78, 5) is 33.8. The van der Waals surface area contributed by atoms with Gasteiger partial charge in [-0.3, -0.25) is 19.7 Å². The van der Waals surface area contributed by atoms with E-state index in [1.807, 2.05) is 0 Å². The van der Waals surface area contributed by atoms with Gasteiger partial charge < -0.3 is 14.2 Å². The van der Waals surface area contributed by atoms with Crippen molar-refractivity contribution in [3.8, 4) is 0 Å². The molecule has 0 amide bonds. The predicted molar refractivity (Wildman–Crippen MR) is 70.6 cm³/mol. The minimum Gasteiger partial charge on any atom is -0.497 e. The number of halogens is 1. The molecular weight excluding hydrogens is 301 g/mol. The Bertz CT molecular complexity index is 512. The van der Waals surface area contributed by atoms with Gasteiger partial charge >= 0.3 is 11.9 Å². The van der Waals surface area contributed by atoms with Crippen LogP contribution < -0.4 is 0 Å². The molecule has 2 unspecified atom stereocenters. The maximum atomic E-state index is 14.0. The second kappa shape index (κ2) is 7.53. The molecular formula is C13H16FNO7. The Morgan fingerprint density at radius 3 is 2.23 bits per heavy atom. The van der Waals surface area contributed by atoms with E-state index in [1.54, 1.807) is 0 Å². The van der Waals surface area contributed by atoms with Crippen molar-refractivity contribution in [3.05, 3.63) is 33.9 Å². The number of nitro groups is 1. The third-order valence-electron chi connectivity index (χ3n) is 3.34. The van der Waals surface area contributed by atoms with Gasteiger partial charge in [-0.15, -0.1) is 0 Å². The van der Waals surface area contributed by atoms with Gasteiger partial charge in [-0.1, -0.05) is 0 Å². The van der Waals surface area contributed by atoms with E-state index in [2.05, 4.69) is 9.47 Å². The number of esters is 2. The first-order chi connectivity index (χ1) is 10.3. The summed E-state index contributed by atoms with van der Waals surface area (Å²) >= 11 is 0. The summed E-state index contributed by atoms with van der Waals surface area (Å²) in [6.07, 6.45) is 2.33. The molecule has 1 aliphatic rings. The van der Waals surface area contributed by atoms with Crippen LogP contribution in [0.5, 0.6) is 0 Å². The molecule has 0 saturated carbocycles. The average molecular weight is 317 g/mol. The van der Waals surface area contributed by atoms with Crippen molar-refractivity contribution in [1.29, 1.82) is 0 Å². The SMILES string of the molecule is COC(=O)C(C(=O)OC)C(C[N+](=O)[O-])C1C=C(OC)C=C1F. The Balaban J connectivity index is 3.23. The van der Waals surface area contributed by atoms with E-state index in [4.69, 9.17) is 4.74 Å². The molecule has 22 heavy (non-hydrogen) atoms. The first kappa shape index (κ1) is 17.6. The maximum Gasteiger partial charge on any atom is 0.320 e. The number of hydrogen-bond donors (Lipinski definition) is 0. The van der Waals surface area contributed by atoms with Crippen LogP contribution in [0.15, 0.2) is 23.7 Å². The summed E-state index contributed by atoms with van der Waals surface area (Å²) in [5.41, 5.74) is 0. The van der Waals surface area contributed by atoms with Crippen molar-refractivity contribution in [2.24, 2.45) is 17.8 Å². The molecule has 0 N–H and O–H groups in total. The van der Waals surface area contributed by atoms with E-state index in [0.717, 1.165) is 20.3 Å².